The van der Waals surface area contributed by atoms with Gasteiger partial charge in [-0.15, -0.1) is 0 Å². The van der Waals surface area contributed by atoms with Crippen LogP contribution in [0.5, 0.6) is 0 Å². The predicted molar refractivity (Wildman–Crippen MR) is 75.6 cm³/mol. The van der Waals surface area contributed by atoms with E-state index >= 15 is 0 Å². The van der Waals surface area contributed by atoms with E-state index in [2.05, 4.69) is 5.10 Å². The lowest BCUT2D eigenvalue weighted by Crippen LogP contribution is -2.01. The Kier molecular flexibility index (Phi) is 4.20. The summed E-state index contributed by atoms with van der Waals surface area (Å²) < 4.78 is 1.56. The highest BCUT2D eigenvalue weighted by molar-refractivity contribution is 5.87. The molecule has 0 amide bonds. The standard InChI is InChI=1S/C15H18N2O3/c1-10(18)3-4-11-5-7-12(8-6-11)14-9-13(15(19)20)16-17(14)2/h5-10,18H,3-4H2,1-2H3,(H,19,20). The van der Waals surface area contributed by atoms with Gasteiger partial charge in [0.25, 0.3) is 0 Å². The van der Waals surface area contributed by atoms with Gasteiger partial charge in [-0.3, -0.25) is 4.68 Å². The Labute approximate surface area is 117 Å². The third-order valence-electron chi connectivity index (χ3n) is 3.20. The van der Waals surface area contributed by atoms with Crippen molar-refractivity contribution in [1.29, 1.82) is 0 Å². The normalized spacial score (nSPS) is 12.3. The fraction of sp³-hybridized carbons (Fsp3) is 0.333. The SMILES string of the molecule is CC(O)CCc1ccc(-c2cc(C(=O)O)nn2C)cc1. The summed E-state index contributed by atoms with van der Waals surface area (Å²) >= 11 is 0. The number of carboxylic acids is 1. The smallest absolute Gasteiger partial charge is 0.356 e. The Balaban J connectivity index is 2.19. The minimum Gasteiger partial charge on any atom is -0.476 e. The summed E-state index contributed by atoms with van der Waals surface area (Å²) in [4.78, 5) is 10.9. The molecule has 0 fully saturated rings. The molecule has 106 valence electrons. The van der Waals surface area contributed by atoms with Gasteiger partial charge in [-0.25, -0.2) is 4.79 Å². The predicted octanol–water partition coefficient (Wildman–Crippen LogP) is 2.10. The van der Waals surface area contributed by atoms with Crippen LogP contribution in [0.25, 0.3) is 11.3 Å². The molecule has 0 bridgehead atoms. The molecule has 2 aromatic rings. The first kappa shape index (κ1) is 14.3. The maximum atomic E-state index is 10.9. The zero-order valence-electron chi connectivity index (χ0n) is 11.6. The number of aryl methyl sites for hydroxylation is 2. The van der Waals surface area contributed by atoms with Gasteiger partial charge in [-0.2, -0.15) is 5.10 Å². The number of hydrogen-bond acceptors (Lipinski definition) is 3. The van der Waals surface area contributed by atoms with E-state index in [4.69, 9.17) is 5.11 Å². The second-order valence-electron chi connectivity index (χ2n) is 4.93. The summed E-state index contributed by atoms with van der Waals surface area (Å²) in [6, 6.07) is 9.43. The highest BCUT2D eigenvalue weighted by atomic mass is 16.4. The lowest BCUT2D eigenvalue weighted by Gasteiger charge is -2.06. The van der Waals surface area contributed by atoms with E-state index in [0.717, 1.165) is 29.7 Å². The molecule has 0 saturated heterocycles. The van der Waals surface area contributed by atoms with Gasteiger partial charge in [-0.1, -0.05) is 24.3 Å². The van der Waals surface area contributed by atoms with E-state index in [1.807, 2.05) is 24.3 Å². The molecule has 20 heavy (non-hydrogen) atoms. The fourth-order valence-electron chi connectivity index (χ4n) is 2.06. The maximum Gasteiger partial charge on any atom is 0.356 e. The zero-order chi connectivity index (χ0) is 14.7. The number of aromatic nitrogens is 2. The molecule has 0 aliphatic carbocycles. The minimum absolute atomic E-state index is 0.0423. The van der Waals surface area contributed by atoms with Crippen molar-refractivity contribution in [2.45, 2.75) is 25.9 Å². The van der Waals surface area contributed by atoms with Crippen molar-refractivity contribution < 1.29 is 15.0 Å². The average molecular weight is 274 g/mol. The molecule has 0 spiro atoms. The molecule has 5 heteroatoms. The molecule has 1 unspecified atom stereocenters. The molecule has 0 radical (unpaired) electrons. The number of aromatic carboxylic acids is 1. The van der Waals surface area contributed by atoms with E-state index in [1.165, 1.54) is 0 Å². The molecule has 0 saturated carbocycles. The Hall–Kier alpha value is -2.14. The Bertz CT molecular complexity index is 600. The Morgan fingerprint density at radius 1 is 1.35 bits per heavy atom. The average Bonchev–Trinajstić information content (AvgIpc) is 2.79. The Morgan fingerprint density at radius 3 is 2.50 bits per heavy atom. The van der Waals surface area contributed by atoms with Gasteiger partial charge < -0.3 is 10.2 Å². The number of rotatable bonds is 5. The van der Waals surface area contributed by atoms with E-state index in [1.54, 1.807) is 24.7 Å². The summed E-state index contributed by atoms with van der Waals surface area (Å²) in [6.07, 6.45) is 1.25. The van der Waals surface area contributed by atoms with E-state index in [0.29, 0.717) is 0 Å². The molecule has 1 aromatic carbocycles. The monoisotopic (exact) mass is 274 g/mol. The molecular formula is C15H18N2O3. The number of aliphatic hydroxyl groups excluding tert-OH is 1. The second kappa shape index (κ2) is 5.88. The van der Waals surface area contributed by atoms with Gasteiger partial charge in [0.1, 0.15) is 0 Å². The minimum atomic E-state index is -1.03. The van der Waals surface area contributed by atoms with Gasteiger partial charge in [0, 0.05) is 7.05 Å². The quantitative estimate of drug-likeness (QED) is 0.875. The van der Waals surface area contributed by atoms with Gasteiger partial charge in [0.15, 0.2) is 5.69 Å². The molecular weight excluding hydrogens is 256 g/mol. The van der Waals surface area contributed by atoms with Crippen LogP contribution < -0.4 is 0 Å². The largest absolute Gasteiger partial charge is 0.476 e. The molecule has 1 atom stereocenters. The molecule has 2 N–H and O–H groups in total. The van der Waals surface area contributed by atoms with Crippen molar-refractivity contribution in [2.75, 3.05) is 0 Å². The fourth-order valence-corrected chi connectivity index (χ4v) is 2.06. The number of carboxylic acid groups (broad SMARTS) is 1. The molecule has 0 aliphatic rings. The van der Waals surface area contributed by atoms with Crippen molar-refractivity contribution in [3.8, 4) is 11.3 Å². The summed E-state index contributed by atoms with van der Waals surface area (Å²) in [5, 5.41) is 22.2. The van der Waals surface area contributed by atoms with E-state index < -0.39 is 5.97 Å². The zero-order valence-corrected chi connectivity index (χ0v) is 11.6. The van der Waals surface area contributed by atoms with E-state index in [-0.39, 0.29) is 11.8 Å². The lowest BCUT2D eigenvalue weighted by atomic mass is 10.0. The van der Waals surface area contributed by atoms with Crippen LogP contribution >= 0.6 is 0 Å². The summed E-state index contributed by atoms with van der Waals surface area (Å²) in [5.74, 6) is -1.03. The molecule has 2 rings (SSSR count). The van der Waals surface area contributed by atoms with Gasteiger partial charge in [0.2, 0.25) is 0 Å². The third kappa shape index (κ3) is 3.24. The Morgan fingerprint density at radius 2 is 2.00 bits per heavy atom. The number of aliphatic hydroxyl groups is 1. The number of nitrogens with zero attached hydrogens (tertiary/aromatic N) is 2. The van der Waals surface area contributed by atoms with Crippen LogP contribution in [0.2, 0.25) is 0 Å². The summed E-state index contributed by atoms with van der Waals surface area (Å²) in [7, 11) is 1.73. The summed E-state index contributed by atoms with van der Waals surface area (Å²) in [5.41, 5.74) is 2.88. The maximum absolute atomic E-state index is 10.9. The van der Waals surface area contributed by atoms with Crippen molar-refractivity contribution in [3.63, 3.8) is 0 Å². The van der Waals surface area contributed by atoms with Crippen molar-refractivity contribution in [2.24, 2.45) is 7.05 Å². The van der Waals surface area contributed by atoms with Gasteiger partial charge in [0.05, 0.1) is 11.8 Å². The van der Waals surface area contributed by atoms with E-state index in [9.17, 15) is 9.90 Å². The third-order valence-corrected chi connectivity index (χ3v) is 3.20. The number of hydrogen-bond donors (Lipinski definition) is 2. The topological polar surface area (TPSA) is 75.3 Å². The van der Waals surface area contributed by atoms with Crippen molar-refractivity contribution in [1.82, 2.24) is 9.78 Å². The van der Waals surface area contributed by atoms with Crippen LogP contribution in [-0.4, -0.2) is 32.1 Å². The van der Waals surface area contributed by atoms with Crippen molar-refractivity contribution >= 4 is 5.97 Å². The van der Waals surface area contributed by atoms with Crippen molar-refractivity contribution in [3.05, 3.63) is 41.6 Å². The molecule has 0 aliphatic heterocycles. The van der Waals surface area contributed by atoms with Gasteiger partial charge >= 0.3 is 5.97 Å². The first-order chi connectivity index (χ1) is 9.47. The molecule has 5 nitrogen and oxygen atoms in total. The number of benzene rings is 1. The van der Waals surface area contributed by atoms with Crippen LogP contribution in [0.15, 0.2) is 30.3 Å². The number of carbonyl (C=O) groups is 1. The highest BCUT2D eigenvalue weighted by Crippen LogP contribution is 2.21. The van der Waals surface area contributed by atoms with Crippen LogP contribution in [0, 0.1) is 0 Å². The van der Waals surface area contributed by atoms with Crippen LogP contribution in [0.3, 0.4) is 0 Å². The first-order valence-corrected chi connectivity index (χ1v) is 6.52. The highest BCUT2D eigenvalue weighted by Gasteiger charge is 2.12. The second-order valence-corrected chi connectivity index (χ2v) is 4.93. The van der Waals surface area contributed by atoms with Gasteiger partial charge in [-0.05, 0) is 37.0 Å². The van der Waals surface area contributed by atoms with Crippen LogP contribution in [-0.2, 0) is 13.5 Å². The van der Waals surface area contributed by atoms with Crippen LogP contribution in [0.1, 0.15) is 29.4 Å². The molecule has 1 aromatic heterocycles. The first-order valence-electron chi connectivity index (χ1n) is 6.52. The van der Waals surface area contributed by atoms with Crippen LogP contribution in [0.4, 0.5) is 0 Å². The molecule has 1 heterocycles. The summed E-state index contributed by atoms with van der Waals surface area (Å²) in [6.45, 7) is 1.78. The lowest BCUT2D eigenvalue weighted by molar-refractivity contribution is 0.0689.